The standard InChI is InChI=1S/C31H32F3N9O/c32-22-4-2-21(3-5-22)28-29(27-8-12-37-30(35)40-27)43(20-38-28)24-9-14-41(15-10-24)13-1-11-31(44,17-42-19-36-18-39-42)25-7-6-23(33)16-26(25)34/h2-8,12,16,18-20,24,44H,1,9-11,13-15,17H2,(H2,35,37,40). The molecule has 1 atom stereocenters. The first-order valence-corrected chi connectivity index (χ1v) is 14.4. The maximum absolute atomic E-state index is 14.8. The molecule has 1 unspecified atom stereocenters. The number of aliphatic hydroxyl groups is 1. The fourth-order valence-corrected chi connectivity index (χ4v) is 5.98. The fourth-order valence-electron chi connectivity index (χ4n) is 5.98. The quantitative estimate of drug-likeness (QED) is 0.237. The van der Waals surface area contributed by atoms with Gasteiger partial charge in [-0.25, -0.2) is 37.8 Å². The second-order valence-corrected chi connectivity index (χ2v) is 11.1. The van der Waals surface area contributed by atoms with Gasteiger partial charge in [0.2, 0.25) is 5.95 Å². The van der Waals surface area contributed by atoms with E-state index in [9.17, 15) is 18.3 Å². The number of nitrogens with two attached hydrogens (primary N) is 1. The van der Waals surface area contributed by atoms with Gasteiger partial charge >= 0.3 is 0 Å². The first-order chi connectivity index (χ1) is 21.3. The Morgan fingerprint density at radius 3 is 2.43 bits per heavy atom. The van der Waals surface area contributed by atoms with E-state index >= 15 is 0 Å². The third-order valence-electron chi connectivity index (χ3n) is 8.17. The molecule has 1 aliphatic heterocycles. The van der Waals surface area contributed by atoms with Crippen LogP contribution in [-0.4, -0.2) is 63.9 Å². The summed E-state index contributed by atoms with van der Waals surface area (Å²) in [5.74, 6) is -1.67. The minimum atomic E-state index is -1.59. The summed E-state index contributed by atoms with van der Waals surface area (Å²) in [7, 11) is 0. The molecule has 3 aromatic heterocycles. The van der Waals surface area contributed by atoms with Crippen LogP contribution in [0.25, 0.3) is 22.6 Å². The lowest BCUT2D eigenvalue weighted by Gasteiger charge is -2.34. The summed E-state index contributed by atoms with van der Waals surface area (Å²) < 4.78 is 45.6. The van der Waals surface area contributed by atoms with E-state index < -0.39 is 17.2 Å². The second kappa shape index (κ2) is 12.5. The summed E-state index contributed by atoms with van der Waals surface area (Å²) in [6.07, 6.45) is 8.71. The molecule has 6 rings (SSSR count). The Labute approximate surface area is 252 Å². The van der Waals surface area contributed by atoms with Crippen molar-refractivity contribution in [1.29, 1.82) is 0 Å². The largest absolute Gasteiger partial charge is 0.383 e. The van der Waals surface area contributed by atoms with Crippen LogP contribution in [0.1, 0.15) is 37.3 Å². The molecule has 1 saturated heterocycles. The number of rotatable bonds is 10. The molecule has 1 aliphatic rings. The van der Waals surface area contributed by atoms with Crippen LogP contribution < -0.4 is 5.73 Å². The molecule has 0 bridgehead atoms. The topological polar surface area (TPSA) is 124 Å². The van der Waals surface area contributed by atoms with Crippen LogP contribution in [-0.2, 0) is 12.1 Å². The molecule has 3 N–H and O–H groups in total. The normalized spacial score (nSPS) is 15.8. The number of likely N-dealkylation sites (tertiary alicyclic amines) is 1. The lowest BCUT2D eigenvalue weighted by Crippen LogP contribution is -2.37. The molecule has 0 saturated carbocycles. The summed E-state index contributed by atoms with van der Waals surface area (Å²) in [6.45, 7) is 2.28. The highest BCUT2D eigenvalue weighted by Crippen LogP contribution is 2.36. The third kappa shape index (κ3) is 6.33. The predicted molar refractivity (Wildman–Crippen MR) is 157 cm³/mol. The van der Waals surface area contributed by atoms with E-state index in [-0.39, 0.29) is 36.3 Å². The van der Waals surface area contributed by atoms with Crippen molar-refractivity contribution in [1.82, 2.24) is 39.2 Å². The molecule has 10 nitrogen and oxygen atoms in total. The van der Waals surface area contributed by atoms with Gasteiger partial charge in [0.15, 0.2) is 0 Å². The maximum atomic E-state index is 14.8. The van der Waals surface area contributed by atoms with Crippen molar-refractivity contribution in [2.24, 2.45) is 0 Å². The van der Waals surface area contributed by atoms with Gasteiger partial charge in [0.25, 0.3) is 0 Å². The van der Waals surface area contributed by atoms with Gasteiger partial charge in [0.1, 0.15) is 35.7 Å². The van der Waals surface area contributed by atoms with Crippen LogP contribution in [0.15, 0.2) is 73.7 Å². The Kier molecular flexibility index (Phi) is 8.40. The third-order valence-corrected chi connectivity index (χ3v) is 8.17. The van der Waals surface area contributed by atoms with Gasteiger partial charge in [-0.05, 0) is 68.6 Å². The Morgan fingerprint density at radius 1 is 0.955 bits per heavy atom. The minimum Gasteiger partial charge on any atom is -0.383 e. The Morgan fingerprint density at radius 2 is 1.73 bits per heavy atom. The number of aromatic nitrogens is 7. The molecule has 0 amide bonds. The number of benzene rings is 2. The zero-order valence-corrected chi connectivity index (χ0v) is 23.9. The molecule has 0 aliphatic carbocycles. The van der Waals surface area contributed by atoms with E-state index in [4.69, 9.17) is 10.7 Å². The van der Waals surface area contributed by atoms with E-state index in [1.807, 2.05) is 0 Å². The first kappa shape index (κ1) is 29.5. The number of halogens is 3. The van der Waals surface area contributed by atoms with Crippen molar-refractivity contribution in [3.8, 4) is 22.6 Å². The van der Waals surface area contributed by atoms with E-state index in [0.717, 1.165) is 49.3 Å². The monoisotopic (exact) mass is 603 g/mol. The minimum absolute atomic E-state index is 0.00895. The molecule has 5 aromatic rings. The molecule has 228 valence electrons. The number of hydrogen-bond acceptors (Lipinski definition) is 8. The van der Waals surface area contributed by atoms with Gasteiger partial charge in [-0.3, -0.25) is 0 Å². The van der Waals surface area contributed by atoms with Crippen molar-refractivity contribution in [2.45, 2.75) is 43.9 Å². The van der Waals surface area contributed by atoms with Crippen LogP contribution in [0.2, 0.25) is 0 Å². The second-order valence-electron chi connectivity index (χ2n) is 11.1. The Bertz CT molecular complexity index is 1700. The summed E-state index contributed by atoms with van der Waals surface area (Å²) >= 11 is 0. The zero-order chi connectivity index (χ0) is 30.7. The highest BCUT2D eigenvalue weighted by molar-refractivity contribution is 5.77. The number of hydrogen-bond donors (Lipinski definition) is 2. The van der Waals surface area contributed by atoms with Gasteiger partial charge in [-0.15, -0.1) is 0 Å². The lowest BCUT2D eigenvalue weighted by atomic mass is 9.88. The summed E-state index contributed by atoms with van der Waals surface area (Å²) in [6, 6.07) is 11.4. The smallest absolute Gasteiger partial charge is 0.220 e. The number of anilines is 1. The molecule has 4 heterocycles. The van der Waals surface area contributed by atoms with E-state index in [0.29, 0.717) is 24.4 Å². The van der Waals surface area contributed by atoms with Gasteiger partial charge in [-0.1, -0.05) is 6.07 Å². The Balaban J connectivity index is 1.15. The maximum Gasteiger partial charge on any atom is 0.220 e. The van der Waals surface area contributed by atoms with Crippen molar-refractivity contribution in [3.05, 3.63) is 96.7 Å². The predicted octanol–water partition coefficient (Wildman–Crippen LogP) is 4.60. The summed E-state index contributed by atoms with van der Waals surface area (Å²) in [4.78, 5) is 19.4. The fraction of sp³-hybridized carbons (Fsp3) is 0.323. The molecule has 44 heavy (non-hydrogen) atoms. The van der Waals surface area contributed by atoms with Crippen molar-refractivity contribution < 1.29 is 18.3 Å². The zero-order valence-electron chi connectivity index (χ0n) is 23.9. The highest BCUT2D eigenvalue weighted by Gasteiger charge is 2.34. The number of imidazole rings is 1. The van der Waals surface area contributed by atoms with E-state index in [2.05, 4.69) is 29.5 Å². The number of nitrogen functional groups attached to an aromatic ring is 1. The lowest BCUT2D eigenvalue weighted by molar-refractivity contribution is -0.00178. The Hall–Kier alpha value is -4.62. The SMILES string of the molecule is Nc1nccc(-c2c(-c3ccc(F)cc3)ncn2C2CCN(CCCC(O)(Cn3cncn3)c3ccc(F)cc3F)CC2)n1. The molecule has 1 fully saturated rings. The molecule has 13 heteroatoms. The van der Waals surface area contributed by atoms with Gasteiger partial charge in [0.05, 0.1) is 30.0 Å². The van der Waals surface area contributed by atoms with E-state index in [1.165, 1.54) is 35.5 Å². The molecular weight excluding hydrogens is 571 g/mol. The van der Waals surface area contributed by atoms with Crippen molar-refractivity contribution in [2.75, 3.05) is 25.4 Å². The van der Waals surface area contributed by atoms with Crippen LogP contribution in [0, 0.1) is 17.5 Å². The average molecular weight is 604 g/mol. The number of nitrogens with zero attached hydrogens (tertiary/aromatic N) is 8. The number of piperidine rings is 1. The van der Waals surface area contributed by atoms with Gasteiger partial charge < -0.3 is 20.3 Å². The average Bonchev–Trinajstić information content (AvgIpc) is 3.68. The summed E-state index contributed by atoms with van der Waals surface area (Å²) in [5, 5.41) is 15.7. The molecule has 0 spiro atoms. The van der Waals surface area contributed by atoms with Crippen LogP contribution in [0.3, 0.4) is 0 Å². The van der Waals surface area contributed by atoms with Crippen LogP contribution in [0.5, 0.6) is 0 Å². The highest BCUT2D eigenvalue weighted by atomic mass is 19.1. The molecule has 2 aromatic carbocycles. The van der Waals surface area contributed by atoms with Crippen LogP contribution >= 0.6 is 0 Å². The summed E-state index contributed by atoms with van der Waals surface area (Å²) in [5.41, 5.74) is 7.24. The first-order valence-electron chi connectivity index (χ1n) is 14.4. The van der Waals surface area contributed by atoms with Crippen LogP contribution in [0.4, 0.5) is 19.1 Å². The molecule has 0 radical (unpaired) electrons. The van der Waals surface area contributed by atoms with E-state index in [1.54, 1.807) is 30.7 Å². The van der Waals surface area contributed by atoms with Crippen molar-refractivity contribution in [3.63, 3.8) is 0 Å². The molecular formula is C31H32F3N9O. The van der Waals surface area contributed by atoms with Gasteiger partial charge in [-0.2, -0.15) is 5.10 Å². The van der Waals surface area contributed by atoms with Gasteiger partial charge in [0, 0.05) is 42.5 Å². The van der Waals surface area contributed by atoms with Crippen molar-refractivity contribution >= 4 is 5.95 Å².